The van der Waals surface area contributed by atoms with E-state index in [2.05, 4.69) is 25.7 Å². The summed E-state index contributed by atoms with van der Waals surface area (Å²) in [6.07, 6.45) is 4.45. The van der Waals surface area contributed by atoms with Gasteiger partial charge in [-0.05, 0) is 36.5 Å². The van der Waals surface area contributed by atoms with Gasteiger partial charge in [0, 0.05) is 19.6 Å². The van der Waals surface area contributed by atoms with Crippen molar-refractivity contribution in [3.8, 4) is 0 Å². The van der Waals surface area contributed by atoms with Gasteiger partial charge in [-0.25, -0.2) is 0 Å². The third-order valence-electron chi connectivity index (χ3n) is 3.50. The van der Waals surface area contributed by atoms with Crippen LogP contribution < -0.4 is 0 Å². The van der Waals surface area contributed by atoms with Gasteiger partial charge in [-0.1, -0.05) is 20.8 Å². The van der Waals surface area contributed by atoms with E-state index in [9.17, 15) is 0 Å². The van der Waals surface area contributed by atoms with Gasteiger partial charge in [-0.2, -0.15) is 0 Å². The van der Waals surface area contributed by atoms with Crippen molar-refractivity contribution >= 4 is 0 Å². The maximum absolute atomic E-state index is 2.65. The highest BCUT2D eigenvalue weighted by molar-refractivity contribution is 4.97. The van der Waals surface area contributed by atoms with Crippen molar-refractivity contribution in [2.24, 2.45) is 17.3 Å². The van der Waals surface area contributed by atoms with Crippen LogP contribution >= 0.6 is 0 Å². The Labute approximate surface area is 82.5 Å². The van der Waals surface area contributed by atoms with Crippen molar-refractivity contribution < 1.29 is 0 Å². The van der Waals surface area contributed by atoms with Gasteiger partial charge in [0.2, 0.25) is 0 Å². The van der Waals surface area contributed by atoms with Crippen molar-refractivity contribution in [3.63, 3.8) is 0 Å². The largest absolute Gasteiger partial charge is 0.302 e. The Kier molecular flexibility index (Phi) is 2.39. The second kappa shape index (κ2) is 3.27. The molecule has 0 spiro atoms. The SMILES string of the molecule is CC(C)CC1(CN2CC(C)C2)CC1. The van der Waals surface area contributed by atoms with Crippen LogP contribution in [-0.2, 0) is 0 Å². The molecule has 1 heteroatoms. The van der Waals surface area contributed by atoms with Crippen molar-refractivity contribution in [3.05, 3.63) is 0 Å². The first-order valence-corrected chi connectivity index (χ1v) is 5.82. The molecular formula is C12H23N. The first-order valence-electron chi connectivity index (χ1n) is 5.82. The molecule has 2 rings (SSSR count). The average Bonchev–Trinajstić information content (AvgIpc) is 2.64. The summed E-state index contributed by atoms with van der Waals surface area (Å²) in [5, 5.41) is 0. The van der Waals surface area contributed by atoms with Crippen molar-refractivity contribution in [1.29, 1.82) is 0 Å². The second-order valence-corrected chi connectivity index (χ2v) is 5.90. The van der Waals surface area contributed by atoms with Gasteiger partial charge in [0.25, 0.3) is 0 Å². The van der Waals surface area contributed by atoms with E-state index in [1.807, 2.05) is 0 Å². The summed E-state index contributed by atoms with van der Waals surface area (Å²) in [4.78, 5) is 2.65. The van der Waals surface area contributed by atoms with Crippen LogP contribution in [0, 0.1) is 17.3 Å². The van der Waals surface area contributed by atoms with Crippen LogP contribution in [0.1, 0.15) is 40.0 Å². The van der Waals surface area contributed by atoms with Crippen LogP contribution in [0.4, 0.5) is 0 Å². The molecule has 0 amide bonds. The van der Waals surface area contributed by atoms with E-state index in [4.69, 9.17) is 0 Å². The fourth-order valence-electron chi connectivity index (χ4n) is 2.90. The fourth-order valence-corrected chi connectivity index (χ4v) is 2.90. The zero-order valence-corrected chi connectivity index (χ0v) is 9.34. The van der Waals surface area contributed by atoms with E-state index in [0.29, 0.717) is 0 Å². The van der Waals surface area contributed by atoms with E-state index in [0.717, 1.165) is 17.3 Å². The molecular weight excluding hydrogens is 158 g/mol. The summed E-state index contributed by atoms with van der Waals surface area (Å²) in [5.41, 5.74) is 0.758. The van der Waals surface area contributed by atoms with Gasteiger partial charge in [0.05, 0.1) is 0 Å². The predicted octanol–water partition coefficient (Wildman–Crippen LogP) is 2.76. The number of nitrogens with zero attached hydrogens (tertiary/aromatic N) is 1. The van der Waals surface area contributed by atoms with Crippen LogP contribution in [-0.4, -0.2) is 24.5 Å². The summed E-state index contributed by atoms with van der Waals surface area (Å²) in [6.45, 7) is 11.2. The van der Waals surface area contributed by atoms with Crippen LogP contribution in [0.5, 0.6) is 0 Å². The lowest BCUT2D eigenvalue weighted by Crippen LogP contribution is -2.47. The smallest absolute Gasteiger partial charge is 0.00383 e. The Bertz CT molecular complexity index is 176. The number of hydrogen-bond donors (Lipinski definition) is 0. The molecule has 2 fully saturated rings. The third-order valence-corrected chi connectivity index (χ3v) is 3.50. The molecule has 0 aromatic rings. The molecule has 2 aliphatic rings. The summed E-state index contributed by atoms with van der Waals surface area (Å²) in [6, 6.07) is 0. The van der Waals surface area contributed by atoms with E-state index < -0.39 is 0 Å². The Balaban J connectivity index is 1.74. The van der Waals surface area contributed by atoms with Gasteiger partial charge in [-0.15, -0.1) is 0 Å². The predicted molar refractivity (Wildman–Crippen MR) is 56.7 cm³/mol. The Morgan fingerprint density at radius 2 is 1.92 bits per heavy atom. The highest BCUT2D eigenvalue weighted by Crippen LogP contribution is 2.51. The Morgan fingerprint density at radius 1 is 1.31 bits per heavy atom. The molecule has 76 valence electrons. The summed E-state index contributed by atoms with van der Waals surface area (Å²) in [5.74, 6) is 1.86. The molecule has 0 bridgehead atoms. The number of likely N-dealkylation sites (tertiary alicyclic amines) is 1. The minimum absolute atomic E-state index is 0.758. The van der Waals surface area contributed by atoms with Crippen LogP contribution in [0.15, 0.2) is 0 Å². The quantitative estimate of drug-likeness (QED) is 0.644. The summed E-state index contributed by atoms with van der Waals surface area (Å²) < 4.78 is 0. The second-order valence-electron chi connectivity index (χ2n) is 5.90. The highest BCUT2D eigenvalue weighted by atomic mass is 15.2. The first kappa shape index (κ1) is 9.51. The van der Waals surface area contributed by atoms with E-state index in [1.165, 1.54) is 38.9 Å². The molecule has 0 radical (unpaired) electrons. The zero-order valence-electron chi connectivity index (χ0n) is 9.34. The minimum Gasteiger partial charge on any atom is -0.302 e. The molecule has 1 nitrogen and oxygen atoms in total. The van der Waals surface area contributed by atoms with Gasteiger partial charge < -0.3 is 4.90 Å². The maximum atomic E-state index is 2.65. The molecule has 0 aromatic heterocycles. The third kappa shape index (κ3) is 2.25. The monoisotopic (exact) mass is 181 g/mol. The minimum atomic E-state index is 0.758. The average molecular weight is 181 g/mol. The molecule has 1 aliphatic carbocycles. The lowest BCUT2D eigenvalue weighted by molar-refractivity contribution is 0.0807. The molecule has 1 saturated heterocycles. The Morgan fingerprint density at radius 3 is 2.31 bits per heavy atom. The van der Waals surface area contributed by atoms with E-state index in [1.54, 1.807) is 0 Å². The highest BCUT2D eigenvalue weighted by Gasteiger charge is 2.45. The lowest BCUT2D eigenvalue weighted by Gasteiger charge is -2.40. The molecule has 1 aliphatic heterocycles. The van der Waals surface area contributed by atoms with Gasteiger partial charge in [0.1, 0.15) is 0 Å². The molecule has 0 unspecified atom stereocenters. The summed E-state index contributed by atoms with van der Waals surface area (Å²) in [7, 11) is 0. The van der Waals surface area contributed by atoms with Gasteiger partial charge >= 0.3 is 0 Å². The topological polar surface area (TPSA) is 3.24 Å². The van der Waals surface area contributed by atoms with E-state index >= 15 is 0 Å². The lowest BCUT2D eigenvalue weighted by atomic mass is 9.91. The number of hydrogen-bond acceptors (Lipinski definition) is 1. The standard InChI is InChI=1S/C12H23N/c1-10(2)6-12(4-5-12)9-13-7-11(3)8-13/h10-11H,4-9H2,1-3H3. The molecule has 1 saturated carbocycles. The molecule has 0 aromatic carbocycles. The van der Waals surface area contributed by atoms with Crippen molar-refractivity contribution in [2.45, 2.75) is 40.0 Å². The molecule has 13 heavy (non-hydrogen) atoms. The van der Waals surface area contributed by atoms with Crippen LogP contribution in [0.3, 0.4) is 0 Å². The number of rotatable bonds is 4. The van der Waals surface area contributed by atoms with Crippen LogP contribution in [0.25, 0.3) is 0 Å². The molecule has 0 atom stereocenters. The first-order chi connectivity index (χ1) is 6.10. The van der Waals surface area contributed by atoms with Crippen LogP contribution in [0.2, 0.25) is 0 Å². The van der Waals surface area contributed by atoms with E-state index in [-0.39, 0.29) is 0 Å². The van der Waals surface area contributed by atoms with Gasteiger partial charge in [-0.3, -0.25) is 0 Å². The molecule has 0 N–H and O–H groups in total. The van der Waals surface area contributed by atoms with Crippen molar-refractivity contribution in [2.75, 3.05) is 19.6 Å². The zero-order chi connectivity index (χ0) is 9.47. The fraction of sp³-hybridized carbons (Fsp3) is 1.00. The Hall–Kier alpha value is -0.0400. The normalized spacial score (nSPS) is 27.7. The van der Waals surface area contributed by atoms with Crippen molar-refractivity contribution in [1.82, 2.24) is 4.90 Å². The molecule has 1 heterocycles. The summed E-state index contributed by atoms with van der Waals surface area (Å²) >= 11 is 0. The van der Waals surface area contributed by atoms with Gasteiger partial charge in [0.15, 0.2) is 0 Å². The maximum Gasteiger partial charge on any atom is 0.00383 e.